The molecule has 1 aromatic carbocycles. The predicted molar refractivity (Wildman–Crippen MR) is 84.3 cm³/mol. The van der Waals surface area contributed by atoms with Crippen molar-refractivity contribution in [2.45, 2.75) is 12.8 Å². The third kappa shape index (κ3) is 2.37. The molecule has 3 rings (SSSR count). The summed E-state index contributed by atoms with van der Waals surface area (Å²) >= 11 is 5.68. The molecular weight excluding hydrogens is 405 g/mol. The van der Waals surface area contributed by atoms with E-state index < -0.39 is 0 Å². The summed E-state index contributed by atoms with van der Waals surface area (Å²) in [6, 6.07) is 5.95. The van der Waals surface area contributed by atoms with Gasteiger partial charge in [-0.3, -0.25) is 4.79 Å². The van der Waals surface area contributed by atoms with E-state index >= 15 is 0 Å². The summed E-state index contributed by atoms with van der Waals surface area (Å²) < 4.78 is 2.06. The predicted octanol–water partition coefficient (Wildman–Crippen LogP) is 4.20. The minimum absolute atomic E-state index is 0.162. The highest BCUT2D eigenvalue weighted by atomic mass is 127. The average Bonchev–Trinajstić information content (AvgIpc) is 2.96. The van der Waals surface area contributed by atoms with E-state index in [1.807, 2.05) is 18.2 Å². The summed E-state index contributed by atoms with van der Waals surface area (Å²) in [6.45, 7) is 0. The molecule has 1 fully saturated rings. The third-order valence-corrected chi connectivity index (χ3v) is 5.24. The highest BCUT2D eigenvalue weighted by molar-refractivity contribution is 14.1. The molecule has 0 radical (unpaired) electrons. The lowest BCUT2D eigenvalue weighted by molar-refractivity contribution is -0.120. The van der Waals surface area contributed by atoms with Gasteiger partial charge in [-0.2, -0.15) is 0 Å². The molecule has 2 nitrogen and oxygen atoms in total. The van der Waals surface area contributed by atoms with Gasteiger partial charge in [-0.25, -0.2) is 0 Å². The van der Waals surface area contributed by atoms with Crippen LogP contribution in [0.15, 0.2) is 34.8 Å². The number of anilines is 1. The van der Waals surface area contributed by atoms with E-state index in [9.17, 15) is 4.79 Å². The van der Waals surface area contributed by atoms with Crippen molar-refractivity contribution in [2.75, 3.05) is 5.32 Å². The lowest BCUT2D eigenvalue weighted by Crippen LogP contribution is -2.26. The van der Waals surface area contributed by atoms with Crippen LogP contribution in [-0.4, -0.2) is 5.91 Å². The molecule has 3 unspecified atom stereocenters. The van der Waals surface area contributed by atoms with Crippen LogP contribution in [0.2, 0.25) is 0 Å². The Bertz CT molecular complexity index is 529. The zero-order chi connectivity index (χ0) is 12.7. The standard InChI is InChI=1S/C14H13BrINO/c15-10-3-4-12(16)13(7-10)17-14(18)11-6-8-1-2-9(11)5-8/h1-4,7-9,11H,5-6H2,(H,17,18). The fourth-order valence-corrected chi connectivity index (χ4v) is 3.73. The maximum atomic E-state index is 12.3. The fourth-order valence-electron chi connectivity index (χ4n) is 2.90. The highest BCUT2D eigenvalue weighted by Crippen LogP contribution is 2.43. The summed E-state index contributed by atoms with van der Waals surface area (Å²) in [6.07, 6.45) is 6.65. The van der Waals surface area contributed by atoms with Crippen molar-refractivity contribution in [3.63, 3.8) is 0 Å². The first-order valence-electron chi connectivity index (χ1n) is 6.08. The van der Waals surface area contributed by atoms with Crippen LogP contribution in [0.5, 0.6) is 0 Å². The second kappa shape index (κ2) is 4.96. The molecule has 0 aliphatic heterocycles. The molecule has 4 heteroatoms. The van der Waals surface area contributed by atoms with Gasteiger partial charge in [0.25, 0.3) is 0 Å². The number of allylic oxidation sites excluding steroid dienone is 2. The number of hydrogen-bond donors (Lipinski definition) is 1. The van der Waals surface area contributed by atoms with Crippen molar-refractivity contribution in [2.24, 2.45) is 17.8 Å². The molecule has 1 N–H and O–H groups in total. The van der Waals surface area contributed by atoms with Crippen LogP contribution < -0.4 is 5.32 Å². The molecule has 0 spiro atoms. The Morgan fingerprint density at radius 1 is 1.33 bits per heavy atom. The van der Waals surface area contributed by atoms with Crippen molar-refractivity contribution in [1.29, 1.82) is 0 Å². The molecule has 2 aliphatic rings. The number of nitrogens with one attached hydrogen (secondary N) is 1. The van der Waals surface area contributed by atoms with E-state index in [2.05, 4.69) is 56.0 Å². The molecule has 2 aliphatic carbocycles. The maximum Gasteiger partial charge on any atom is 0.228 e. The van der Waals surface area contributed by atoms with Crippen molar-refractivity contribution in [1.82, 2.24) is 0 Å². The number of benzene rings is 1. The molecule has 1 saturated carbocycles. The molecule has 1 aromatic rings. The number of fused-ring (bicyclic) bond motifs is 2. The van der Waals surface area contributed by atoms with E-state index in [-0.39, 0.29) is 11.8 Å². The van der Waals surface area contributed by atoms with Gasteiger partial charge in [0, 0.05) is 14.0 Å². The molecule has 0 aromatic heterocycles. The van der Waals surface area contributed by atoms with Gasteiger partial charge >= 0.3 is 0 Å². The lowest BCUT2D eigenvalue weighted by Gasteiger charge is -2.18. The Labute approximate surface area is 128 Å². The van der Waals surface area contributed by atoms with Gasteiger partial charge in [-0.15, -0.1) is 0 Å². The number of carbonyl (C=O) groups excluding carboxylic acids is 1. The quantitative estimate of drug-likeness (QED) is 0.566. The molecule has 2 bridgehead atoms. The summed E-state index contributed by atoms with van der Waals surface area (Å²) in [7, 11) is 0. The SMILES string of the molecule is O=C(Nc1cc(Br)ccc1I)C1CC2C=CC1C2. The molecule has 94 valence electrons. The van der Waals surface area contributed by atoms with E-state index in [1.165, 1.54) is 0 Å². The number of hydrogen-bond acceptors (Lipinski definition) is 1. The Hall–Kier alpha value is -0.360. The Morgan fingerprint density at radius 3 is 2.83 bits per heavy atom. The first kappa shape index (κ1) is 12.7. The first-order valence-corrected chi connectivity index (χ1v) is 7.95. The van der Waals surface area contributed by atoms with Crippen LogP contribution >= 0.6 is 38.5 Å². The van der Waals surface area contributed by atoms with Crippen LogP contribution in [0.4, 0.5) is 5.69 Å². The summed E-state index contributed by atoms with van der Waals surface area (Å²) in [4.78, 5) is 12.3. The molecule has 0 saturated heterocycles. The zero-order valence-electron chi connectivity index (χ0n) is 9.70. The van der Waals surface area contributed by atoms with Crippen molar-refractivity contribution in [3.05, 3.63) is 38.4 Å². The van der Waals surface area contributed by atoms with Gasteiger partial charge in [-0.05, 0) is 65.5 Å². The molecule has 0 heterocycles. The van der Waals surface area contributed by atoms with Crippen LogP contribution in [0.25, 0.3) is 0 Å². The van der Waals surface area contributed by atoms with Gasteiger partial charge in [0.15, 0.2) is 0 Å². The maximum absolute atomic E-state index is 12.3. The third-order valence-electron chi connectivity index (χ3n) is 3.80. The Morgan fingerprint density at radius 2 is 2.17 bits per heavy atom. The van der Waals surface area contributed by atoms with Gasteiger partial charge in [0.1, 0.15) is 0 Å². The topological polar surface area (TPSA) is 29.1 Å². The highest BCUT2D eigenvalue weighted by Gasteiger charge is 2.39. The Kier molecular flexibility index (Phi) is 3.49. The molecule has 1 amide bonds. The summed E-state index contributed by atoms with van der Waals surface area (Å²) in [5, 5.41) is 3.07. The summed E-state index contributed by atoms with van der Waals surface area (Å²) in [5.74, 6) is 1.42. The minimum Gasteiger partial charge on any atom is -0.325 e. The zero-order valence-corrected chi connectivity index (χ0v) is 13.4. The average molecular weight is 418 g/mol. The number of carbonyl (C=O) groups is 1. The monoisotopic (exact) mass is 417 g/mol. The molecule has 3 atom stereocenters. The second-order valence-corrected chi connectivity index (χ2v) is 7.08. The van der Waals surface area contributed by atoms with E-state index in [0.29, 0.717) is 11.8 Å². The number of amides is 1. The number of rotatable bonds is 2. The largest absolute Gasteiger partial charge is 0.325 e. The molecular formula is C14H13BrINO. The summed E-state index contributed by atoms with van der Waals surface area (Å²) in [5.41, 5.74) is 0.904. The van der Waals surface area contributed by atoms with Crippen molar-refractivity contribution >= 4 is 50.1 Å². The first-order chi connectivity index (χ1) is 8.63. The van der Waals surface area contributed by atoms with Crippen LogP contribution in [-0.2, 0) is 4.79 Å². The molecule has 18 heavy (non-hydrogen) atoms. The normalized spacial score (nSPS) is 28.7. The Balaban J connectivity index is 1.75. The van der Waals surface area contributed by atoms with Gasteiger partial charge in [-0.1, -0.05) is 28.1 Å². The van der Waals surface area contributed by atoms with E-state index in [1.54, 1.807) is 0 Å². The fraction of sp³-hybridized carbons (Fsp3) is 0.357. The van der Waals surface area contributed by atoms with Crippen molar-refractivity contribution < 1.29 is 4.79 Å². The second-order valence-electron chi connectivity index (χ2n) is 5.00. The lowest BCUT2D eigenvalue weighted by atomic mass is 9.93. The van der Waals surface area contributed by atoms with Crippen LogP contribution in [0, 0.1) is 21.3 Å². The van der Waals surface area contributed by atoms with Crippen LogP contribution in [0.1, 0.15) is 12.8 Å². The van der Waals surface area contributed by atoms with Gasteiger partial charge < -0.3 is 5.32 Å². The number of halogens is 2. The minimum atomic E-state index is 0.162. The van der Waals surface area contributed by atoms with Crippen molar-refractivity contribution in [3.8, 4) is 0 Å². The van der Waals surface area contributed by atoms with E-state index in [0.717, 1.165) is 26.6 Å². The van der Waals surface area contributed by atoms with E-state index in [4.69, 9.17) is 0 Å². The van der Waals surface area contributed by atoms with Gasteiger partial charge in [0.2, 0.25) is 5.91 Å². The van der Waals surface area contributed by atoms with Gasteiger partial charge in [0.05, 0.1) is 5.69 Å². The van der Waals surface area contributed by atoms with Crippen LogP contribution in [0.3, 0.4) is 0 Å². The smallest absolute Gasteiger partial charge is 0.228 e.